The van der Waals surface area contributed by atoms with Gasteiger partial charge in [0.15, 0.2) is 0 Å². The molecule has 0 aromatic heterocycles. The quantitative estimate of drug-likeness (QED) is 0.335. The summed E-state index contributed by atoms with van der Waals surface area (Å²) in [6, 6.07) is 0.0916. The first-order valence-electron chi connectivity index (χ1n) is 4.86. The zero-order valence-electron chi connectivity index (χ0n) is 8.88. The topological polar surface area (TPSA) is 56.5 Å². The van der Waals surface area contributed by atoms with E-state index in [1.165, 1.54) is 0 Å². The summed E-state index contributed by atoms with van der Waals surface area (Å²) in [5, 5.41) is 0. The van der Waals surface area contributed by atoms with Crippen molar-refractivity contribution in [3.05, 3.63) is 0 Å². The van der Waals surface area contributed by atoms with Crippen molar-refractivity contribution in [2.24, 2.45) is 5.84 Å². The minimum absolute atomic E-state index is 0.0916. The molecular formula is C9H22N2O2. The fourth-order valence-electron chi connectivity index (χ4n) is 0.823. The van der Waals surface area contributed by atoms with Crippen LogP contribution in [0.2, 0.25) is 0 Å². The van der Waals surface area contributed by atoms with Crippen LogP contribution in [-0.4, -0.2) is 32.0 Å². The van der Waals surface area contributed by atoms with E-state index in [1.54, 1.807) is 0 Å². The molecule has 0 amide bonds. The highest BCUT2D eigenvalue weighted by Crippen LogP contribution is 1.92. The molecule has 0 aromatic rings. The number of hydrogen-bond donors (Lipinski definition) is 2. The Hall–Kier alpha value is -0.160. The van der Waals surface area contributed by atoms with Gasteiger partial charge in [0, 0.05) is 6.61 Å². The van der Waals surface area contributed by atoms with Gasteiger partial charge in [-0.1, -0.05) is 6.92 Å². The Kier molecular flexibility index (Phi) is 8.33. The van der Waals surface area contributed by atoms with E-state index in [1.807, 2.05) is 13.8 Å². The van der Waals surface area contributed by atoms with Crippen LogP contribution in [0.5, 0.6) is 0 Å². The number of rotatable bonds is 8. The van der Waals surface area contributed by atoms with E-state index in [2.05, 4.69) is 12.3 Å². The Morgan fingerprint density at radius 3 is 2.46 bits per heavy atom. The monoisotopic (exact) mass is 190 g/mol. The van der Waals surface area contributed by atoms with Crippen LogP contribution in [0, 0.1) is 0 Å². The molecule has 0 aromatic carbocycles. The van der Waals surface area contributed by atoms with Crippen molar-refractivity contribution in [2.75, 3.05) is 19.8 Å². The number of nitrogens with one attached hydrogen (secondary N) is 1. The molecule has 0 spiro atoms. The lowest BCUT2D eigenvalue weighted by Crippen LogP contribution is -2.42. The molecule has 1 atom stereocenters. The molecule has 0 rings (SSSR count). The highest BCUT2D eigenvalue weighted by Gasteiger charge is 2.07. The summed E-state index contributed by atoms with van der Waals surface area (Å²) >= 11 is 0. The Morgan fingerprint density at radius 1 is 1.31 bits per heavy atom. The van der Waals surface area contributed by atoms with Crippen LogP contribution < -0.4 is 11.3 Å². The van der Waals surface area contributed by atoms with Crippen LogP contribution in [0.25, 0.3) is 0 Å². The van der Waals surface area contributed by atoms with Crippen molar-refractivity contribution in [1.82, 2.24) is 5.43 Å². The lowest BCUT2D eigenvalue weighted by atomic mass is 10.3. The van der Waals surface area contributed by atoms with E-state index in [0.29, 0.717) is 13.2 Å². The van der Waals surface area contributed by atoms with Gasteiger partial charge in [0.2, 0.25) is 0 Å². The van der Waals surface area contributed by atoms with Gasteiger partial charge in [-0.2, -0.15) is 0 Å². The molecule has 0 saturated heterocycles. The smallest absolute Gasteiger partial charge is 0.0678 e. The lowest BCUT2D eigenvalue weighted by molar-refractivity contribution is 0.0289. The minimum Gasteiger partial charge on any atom is -0.380 e. The van der Waals surface area contributed by atoms with Gasteiger partial charge in [0.25, 0.3) is 0 Å². The second-order valence-electron chi connectivity index (χ2n) is 3.32. The van der Waals surface area contributed by atoms with Crippen LogP contribution in [0.4, 0.5) is 0 Å². The van der Waals surface area contributed by atoms with Gasteiger partial charge in [0.1, 0.15) is 0 Å². The van der Waals surface area contributed by atoms with Crippen molar-refractivity contribution in [3.63, 3.8) is 0 Å². The molecule has 1 unspecified atom stereocenters. The van der Waals surface area contributed by atoms with Gasteiger partial charge in [-0.15, -0.1) is 0 Å². The Bertz CT molecular complexity index is 110. The number of ether oxygens (including phenoxy) is 2. The summed E-state index contributed by atoms with van der Waals surface area (Å²) in [4.78, 5) is 0. The van der Waals surface area contributed by atoms with Gasteiger partial charge in [-0.3, -0.25) is 11.3 Å². The second kappa shape index (κ2) is 8.44. The first-order chi connectivity index (χ1) is 6.20. The highest BCUT2D eigenvalue weighted by molar-refractivity contribution is 4.61. The highest BCUT2D eigenvalue weighted by atomic mass is 16.5. The molecule has 0 aliphatic heterocycles. The van der Waals surface area contributed by atoms with Gasteiger partial charge >= 0.3 is 0 Å². The van der Waals surface area contributed by atoms with Crippen LogP contribution in [0.3, 0.4) is 0 Å². The van der Waals surface area contributed by atoms with Crippen molar-refractivity contribution in [2.45, 2.75) is 39.3 Å². The average molecular weight is 190 g/mol. The van der Waals surface area contributed by atoms with Gasteiger partial charge in [0.05, 0.1) is 25.4 Å². The maximum absolute atomic E-state index is 5.40. The Morgan fingerprint density at radius 2 is 2.00 bits per heavy atom. The molecule has 13 heavy (non-hydrogen) atoms. The summed E-state index contributed by atoms with van der Waals surface area (Å²) in [6.45, 7) is 8.06. The number of hydrogen-bond acceptors (Lipinski definition) is 4. The number of hydrazine groups is 1. The summed E-state index contributed by atoms with van der Waals surface area (Å²) in [5.41, 5.74) is 2.67. The largest absolute Gasteiger partial charge is 0.380 e. The summed E-state index contributed by atoms with van der Waals surface area (Å²) in [6.07, 6.45) is 1.27. The lowest BCUT2D eigenvalue weighted by Gasteiger charge is -2.17. The summed E-state index contributed by atoms with van der Waals surface area (Å²) in [7, 11) is 0. The van der Waals surface area contributed by atoms with Gasteiger partial charge in [-0.25, -0.2) is 0 Å². The fraction of sp³-hybridized carbons (Fsp3) is 1.00. The molecule has 0 radical (unpaired) electrons. The van der Waals surface area contributed by atoms with E-state index in [4.69, 9.17) is 15.3 Å². The van der Waals surface area contributed by atoms with Gasteiger partial charge in [-0.05, 0) is 20.3 Å². The Labute approximate surface area is 80.7 Å². The molecule has 3 N–H and O–H groups in total. The zero-order chi connectivity index (χ0) is 10.1. The first-order valence-corrected chi connectivity index (χ1v) is 4.86. The molecule has 80 valence electrons. The maximum Gasteiger partial charge on any atom is 0.0678 e. The SMILES string of the molecule is CCCOCC(COC(C)C)NN. The van der Waals surface area contributed by atoms with Crippen LogP contribution in [0.15, 0.2) is 0 Å². The molecule has 0 aliphatic carbocycles. The molecule has 4 heteroatoms. The maximum atomic E-state index is 5.40. The predicted octanol–water partition coefficient (Wildman–Crippen LogP) is 0.670. The zero-order valence-corrected chi connectivity index (χ0v) is 8.88. The molecule has 0 heterocycles. The Balaban J connectivity index is 3.39. The molecular weight excluding hydrogens is 168 g/mol. The second-order valence-corrected chi connectivity index (χ2v) is 3.32. The van der Waals surface area contributed by atoms with Crippen molar-refractivity contribution in [1.29, 1.82) is 0 Å². The average Bonchev–Trinajstić information content (AvgIpc) is 2.10. The van der Waals surface area contributed by atoms with E-state index in [9.17, 15) is 0 Å². The summed E-state index contributed by atoms with van der Waals surface area (Å²) < 4.78 is 10.7. The normalized spacial score (nSPS) is 13.6. The van der Waals surface area contributed by atoms with Crippen molar-refractivity contribution < 1.29 is 9.47 Å². The van der Waals surface area contributed by atoms with Crippen LogP contribution in [-0.2, 0) is 9.47 Å². The van der Waals surface area contributed by atoms with E-state index in [0.717, 1.165) is 13.0 Å². The van der Waals surface area contributed by atoms with E-state index < -0.39 is 0 Å². The minimum atomic E-state index is 0.0916. The van der Waals surface area contributed by atoms with E-state index >= 15 is 0 Å². The van der Waals surface area contributed by atoms with Crippen molar-refractivity contribution >= 4 is 0 Å². The first kappa shape index (κ1) is 12.8. The third-order valence-electron chi connectivity index (χ3n) is 1.53. The fourth-order valence-corrected chi connectivity index (χ4v) is 0.823. The molecule has 4 nitrogen and oxygen atoms in total. The number of nitrogens with two attached hydrogens (primary N) is 1. The van der Waals surface area contributed by atoms with Crippen LogP contribution >= 0.6 is 0 Å². The molecule has 0 fully saturated rings. The van der Waals surface area contributed by atoms with Gasteiger partial charge < -0.3 is 9.47 Å². The predicted molar refractivity (Wildman–Crippen MR) is 53.3 cm³/mol. The van der Waals surface area contributed by atoms with Crippen LogP contribution in [0.1, 0.15) is 27.2 Å². The van der Waals surface area contributed by atoms with Crippen molar-refractivity contribution in [3.8, 4) is 0 Å². The molecule has 0 aliphatic rings. The molecule has 0 saturated carbocycles. The molecule has 0 bridgehead atoms. The third kappa shape index (κ3) is 8.18. The van der Waals surface area contributed by atoms with E-state index in [-0.39, 0.29) is 12.1 Å². The summed E-state index contributed by atoms with van der Waals surface area (Å²) in [5.74, 6) is 5.33. The third-order valence-corrected chi connectivity index (χ3v) is 1.53. The standard InChI is InChI=1S/C9H22N2O2/c1-4-5-12-6-9(11-10)7-13-8(2)3/h8-9,11H,4-7,10H2,1-3H3.